The maximum atomic E-state index is 12.4. The zero-order valence-corrected chi connectivity index (χ0v) is 12.2. The summed E-state index contributed by atoms with van der Waals surface area (Å²) in [7, 11) is 0. The lowest BCUT2D eigenvalue weighted by atomic mass is 9.80. The molecule has 3 rings (SSSR count). The highest BCUT2D eigenvalue weighted by Crippen LogP contribution is 2.37. The van der Waals surface area contributed by atoms with E-state index >= 15 is 0 Å². The van der Waals surface area contributed by atoms with Gasteiger partial charge in [-0.15, -0.1) is 0 Å². The first-order chi connectivity index (χ1) is 9.62. The lowest BCUT2D eigenvalue weighted by molar-refractivity contribution is -0.150. The van der Waals surface area contributed by atoms with Crippen molar-refractivity contribution in [3.63, 3.8) is 0 Å². The fraction of sp³-hybridized carbons (Fsp3) is 0.933. The second kappa shape index (κ2) is 5.62. The van der Waals surface area contributed by atoms with Crippen molar-refractivity contribution in [2.24, 2.45) is 5.92 Å². The van der Waals surface area contributed by atoms with Gasteiger partial charge in [0.25, 0.3) is 0 Å². The molecule has 1 saturated carbocycles. The van der Waals surface area contributed by atoms with Gasteiger partial charge in [0.15, 0.2) is 0 Å². The Balaban J connectivity index is 1.58. The van der Waals surface area contributed by atoms with Crippen molar-refractivity contribution in [2.75, 3.05) is 26.3 Å². The summed E-state index contributed by atoms with van der Waals surface area (Å²) >= 11 is 0. The van der Waals surface area contributed by atoms with Crippen LogP contribution in [-0.2, 0) is 14.3 Å². The van der Waals surface area contributed by atoms with Gasteiger partial charge in [-0.05, 0) is 32.6 Å². The summed E-state index contributed by atoms with van der Waals surface area (Å²) in [6.07, 6.45) is 4.09. The van der Waals surface area contributed by atoms with Gasteiger partial charge in [-0.3, -0.25) is 4.79 Å². The number of carbonyl (C=O) groups excluding carboxylic acids is 1. The Morgan fingerprint density at radius 1 is 1.50 bits per heavy atom. The van der Waals surface area contributed by atoms with E-state index in [0.717, 1.165) is 25.8 Å². The van der Waals surface area contributed by atoms with E-state index in [0.29, 0.717) is 32.6 Å². The minimum Gasteiger partial charge on any atom is -0.393 e. The number of aliphatic hydroxyl groups is 1. The highest BCUT2D eigenvalue weighted by atomic mass is 16.6. The largest absolute Gasteiger partial charge is 0.393 e. The van der Waals surface area contributed by atoms with Crippen molar-refractivity contribution in [1.82, 2.24) is 4.90 Å². The van der Waals surface area contributed by atoms with Crippen molar-refractivity contribution in [3.8, 4) is 0 Å². The van der Waals surface area contributed by atoms with Crippen LogP contribution in [0.1, 0.15) is 39.0 Å². The van der Waals surface area contributed by atoms with E-state index in [9.17, 15) is 9.90 Å². The molecule has 2 saturated heterocycles. The molecule has 114 valence electrons. The Morgan fingerprint density at radius 3 is 3.00 bits per heavy atom. The summed E-state index contributed by atoms with van der Waals surface area (Å²) in [5.74, 6) is 0.238. The zero-order valence-electron chi connectivity index (χ0n) is 12.2. The summed E-state index contributed by atoms with van der Waals surface area (Å²) in [6, 6.07) is 0. The molecule has 2 atom stereocenters. The van der Waals surface area contributed by atoms with Gasteiger partial charge in [0.2, 0.25) is 5.91 Å². The molecule has 20 heavy (non-hydrogen) atoms. The van der Waals surface area contributed by atoms with Crippen molar-refractivity contribution in [2.45, 2.75) is 56.8 Å². The number of likely N-dealkylation sites (tertiary alicyclic amines) is 1. The number of amides is 1. The number of piperidine rings is 1. The molecule has 2 heterocycles. The van der Waals surface area contributed by atoms with E-state index in [1.165, 1.54) is 0 Å². The van der Waals surface area contributed by atoms with E-state index in [-0.39, 0.29) is 29.6 Å². The highest BCUT2D eigenvalue weighted by Gasteiger charge is 2.46. The number of nitrogens with zero attached hydrogens (tertiary/aromatic N) is 1. The first-order valence-electron chi connectivity index (χ1n) is 7.84. The van der Waals surface area contributed by atoms with Crippen molar-refractivity contribution >= 4 is 5.91 Å². The van der Waals surface area contributed by atoms with E-state index in [1.807, 2.05) is 11.8 Å². The van der Waals surface area contributed by atoms with Gasteiger partial charge in [0.1, 0.15) is 0 Å². The Kier molecular flexibility index (Phi) is 4.02. The molecule has 0 aromatic heterocycles. The van der Waals surface area contributed by atoms with Gasteiger partial charge in [-0.2, -0.15) is 0 Å². The highest BCUT2D eigenvalue weighted by molar-refractivity contribution is 5.80. The molecule has 5 nitrogen and oxygen atoms in total. The van der Waals surface area contributed by atoms with Crippen molar-refractivity contribution < 1.29 is 19.4 Å². The van der Waals surface area contributed by atoms with Crippen LogP contribution in [0.5, 0.6) is 0 Å². The summed E-state index contributed by atoms with van der Waals surface area (Å²) in [6.45, 7) is 4.90. The van der Waals surface area contributed by atoms with Crippen LogP contribution in [0.2, 0.25) is 0 Å². The van der Waals surface area contributed by atoms with Crippen LogP contribution in [0.25, 0.3) is 0 Å². The lowest BCUT2D eigenvalue weighted by Crippen LogP contribution is -2.53. The molecule has 0 bridgehead atoms. The maximum Gasteiger partial charge on any atom is 0.225 e. The molecule has 1 spiro atoms. The van der Waals surface area contributed by atoms with Gasteiger partial charge in [-0.25, -0.2) is 0 Å². The summed E-state index contributed by atoms with van der Waals surface area (Å²) in [5, 5.41) is 9.35. The molecule has 2 aliphatic heterocycles. The summed E-state index contributed by atoms with van der Waals surface area (Å²) in [4.78, 5) is 14.4. The van der Waals surface area contributed by atoms with E-state index in [2.05, 4.69) is 0 Å². The van der Waals surface area contributed by atoms with Crippen LogP contribution in [-0.4, -0.2) is 60.0 Å². The Bertz CT molecular complexity index is 369. The minimum atomic E-state index is -0.271. The summed E-state index contributed by atoms with van der Waals surface area (Å²) < 4.78 is 11.7. The third-order valence-corrected chi connectivity index (χ3v) is 4.89. The van der Waals surface area contributed by atoms with Crippen molar-refractivity contribution in [1.29, 1.82) is 0 Å². The third-order valence-electron chi connectivity index (χ3n) is 4.89. The molecule has 5 heteroatoms. The molecule has 1 amide bonds. The number of rotatable bonds is 3. The normalized spacial score (nSPS) is 40.9. The predicted molar refractivity (Wildman–Crippen MR) is 73.3 cm³/mol. The Labute approximate surface area is 120 Å². The lowest BCUT2D eigenvalue weighted by Gasteiger charge is -2.42. The molecule has 0 aromatic rings. The van der Waals surface area contributed by atoms with E-state index < -0.39 is 0 Å². The molecule has 0 unspecified atom stereocenters. The second-order valence-electron chi connectivity index (χ2n) is 6.46. The first kappa shape index (κ1) is 14.3. The number of hydrogen-bond donors (Lipinski definition) is 1. The Morgan fingerprint density at radius 2 is 2.30 bits per heavy atom. The van der Waals surface area contributed by atoms with Crippen LogP contribution >= 0.6 is 0 Å². The topological polar surface area (TPSA) is 59.0 Å². The average Bonchev–Trinajstić information content (AvgIpc) is 2.77. The Hall–Kier alpha value is -0.650. The standard InChI is InChI=1S/C15H25NO4/c1-2-19-13-8-15(20-9-13)4-3-5-16(10-15)14(18)11-6-12(17)7-11/h11-13,17H,2-10H2,1H3/t11?,12?,13-,15-/m1/s1. The van der Waals surface area contributed by atoms with Gasteiger partial charge in [0.05, 0.1) is 24.4 Å². The molecule has 1 aliphatic carbocycles. The molecule has 0 aromatic carbocycles. The van der Waals surface area contributed by atoms with Crippen LogP contribution < -0.4 is 0 Å². The summed E-state index contributed by atoms with van der Waals surface area (Å²) in [5.41, 5.74) is -0.184. The molecular formula is C15H25NO4. The number of hydrogen-bond acceptors (Lipinski definition) is 4. The van der Waals surface area contributed by atoms with Crippen LogP contribution in [0.4, 0.5) is 0 Å². The van der Waals surface area contributed by atoms with Gasteiger partial charge in [0, 0.05) is 32.0 Å². The quantitative estimate of drug-likeness (QED) is 0.837. The molecule has 1 N–H and O–H groups in total. The zero-order chi connectivity index (χ0) is 14.2. The monoisotopic (exact) mass is 283 g/mol. The van der Waals surface area contributed by atoms with Crippen LogP contribution in [0.15, 0.2) is 0 Å². The first-order valence-corrected chi connectivity index (χ1v) is 7.84. The maximum absolute atomic E-state index is 12.4. The smallest absolute Gasteiger partial charge is 0.225 e. The second-order valence-corrected chi connectivity index (χ2v) is 6.46. The SMILES string of the molecule is CCO[C@H]1CO[C@]2(CCCN(C(=O)C3CC(O)C3)C2)C1. The van der Waals surface area contributed by atoms with Gasteiger partial charge in [-0.1, -0.05) is 0 Å². The van der Waals surface area contributed by atoms with Crippen LogP contribution in [0.3, 0.4) is 0 Å². The molecule has 3 fully saturated rings. The minimum absolute atomic E-state index is 0.0317. The predicted octanol–water partition coefficient (Wildman–Crippen LogP) is 0.944. The third kappa shape index (κ3) is 2.71. The van der Waals surface area contributed by atoms with Gasteiger partial charge >= 0.3 is 0 Å². The fourth-order valence-electron chi connectivity index (χ4n) is 3.76. The number of aliphatic hydroxyl groups excluding tert-OH is 1. The number of ether oxygens (including phenoxy) is 2. The molecule has 3 aliphatic rings. The van der Waals surface area contributed by atoms with Gasteiger partial charge < -0.3 is 19.5 Å². The molecule has 0 radical (unpaired) electrons. The number of carbonyl (C=O) groups is 1. The van der Waals surface area contributed by atoms with E-state index in [4.69, 9.17) is 9.47 Å². The van der Waals surface area contributed by atoms with Crippen molar-refractivity contribution in [3.05, 3.63) is 0 Å². The van der Waals surface area contributed by atoms with Crippen LogP contribution in [0, 0.1) is 5.92 Å². The van der Waals surface area contributed by atoms with E-state index in [1.54, 1.807) is 0 Å². The molecular weight excluding hydrogens is 258 g/mol. The fourth-order valence-corrected chi connectivity index (χ4v) is 3.76. The average molecular weight is 283 g/mol.